The molecule has 0 spiro atoms. The van der Waals surface area contributed by atoms with Crippen LogP contribution in [-0.2, 0) is 0 Å². The maximum atomic E-state index is 6.12. The number of fused-ring (bicyclic) bond motifs is 1. The lowest BCUT2D eigenvalue weighted by atomic mass is 10.3. The Kier molecular flexibility index (Phi) is 2.70. The zero-order chi connectivity index (χ0) is 11.7. The van der Waals surface area contributed by atoms with Gasteiger partial charge in [-0.1, -0.05) is 11.8 Å². The molecule has 3 rings (SSSR count). The minimum atomic E-state index is 0.755. The summed E-state index contributed by atoms with van der Waals surface area (Å²) in [5.74, 6) is 0. The highest BCUT2D eigenvalue weighted by Gasteiger charge is 2.07. The fourth-order valence-corrected chi connectivity index (χ4v) is 3.10. The third-order valence-corrected chi connectivity index (χ3v) is 4.26. The van der Waals surface area contributed by atoms with Gasteiger partial charge in [-0.05, 0) is 24.3 Å². The number of hydrogen-bond acceptors (Lipinski definition) is 5. The summed E-state index contributed by atoms with van der Waals surface area (Å²) < 4.78 is 1.13. The van der Waals surface area contributed by atoms with Crippen LogP contribution in [0.15, 0.2) is 52.0 Å². The zero-order valence-corrected chi connectivity index (χ0v) is 10.5. The molecule has 0 aliphatic rings. The van der Waals surface area contributed by atoms with Gasteiger partial charge < -0.3 is 5.73 Å². The van der Waals surface area contributed by atoms with E-state index in [1.165, 1.54) is 0 Å². The molecular weight excluding hydrogens is 250 g/mol. The van der Waals surface area contributed by atoms with Gasteiger partial charge in [0.15, 0.2) is 0 Å². The Labute approximate surface area is 107 Å². The second-order valence-electron chi connectivity index (χ2n) is 3.46. The average molecular weight is 259 g/mol. The van der Waals surface area contributed by atoms with Crippen molar-refractivity contribution in [2.45, 2.75) is 9.79 Å². The summed E-state index contributed by atoms with van der Waals surface area (Å²) in [6.07, 6.45) is 3.56. The van der Waals surface area contributed by atoms with Gasteiger partial charge in [0.05, 0.1) is 15.9 Å². The van der Waals surface area contributed by atoms with Crippen LogP contribution in [-0.4, -0.2) is 9.97 Å². The van der Waals surface area contributed by atoms with E-state index in [2.05, 4.69) is 16.0 Å². The van der Waals surface area contributed by atoms with E-state index in [0.29, 0.717) is 0 Å². The SMILES string of the molecule is Nc1c(Sc2ccncc2)ccc2scnc12. The van der Waals surface area contributed by atoms with Gasteiger partial charge in [0.2, 0.25) is 0 Å². The molecule has 0 saturated heterocycles. The molecule has 0 saturated carbocycles. The van der Waals surface area contributed by atoms with Gasteiger partial charge in [0.25, 0.3) is 0 Å². The molecule has 3 aromatic rings. The molecule has 0 aliphatic heterocycles. The summed E-state index contributed by atoms with van der Waals surface area (Å²) in [6, 6.07) is 8.04. The van der Waals surface area contributed by atoms with Crippen molar-refractivity contribution in [3.05, 3.63) is 42.2 Å². The van der Waals surface area contributed by atoms with Crippen LogP contribution in [0.3, 0.4) is 0 Å². The van der Waals surface area contributed by atoms with Gasteiger partial charge in [-0.15, -0.1) is 11.3 Å². The predicted molar refractivity (Wildman–Crippen MR) is 72.4 cm³/mol. The summed E-state index contributed by atoms with van der Waals surface area (Å²) in [7, 11) is 0. The van der Waals surface area contributed by atoms with E-state index in [1.54, 1.807) is 35.5 Å². The highest BCUT2D eigenvalue weighted by molar-refractivity contribution is 7.99. The van der Waals surface area contributed by atoms with Crippen LogP contribution >= 0.6 is 23.1 Å². The van der Waals surface area contributed by atoms with E-state index in [-0.39, 0.29) is 0 Å². The number of benzene rings is 1. The van der Waals surface area contributed by atoms with Gasteiger partial charge in [-0.25, -0.2) is 4.98 Å². The number of anilines is 1. The van der Waals surface area contributed by atoms with Gasteiger partial charge in [-0.2, -0.15) is 0 Å². The number of hydrogen-bond donors (Lipinski definition) is 1. The Morgan fingerprint density at radius 3 is 2.76 bits per heavy atom. The Balaban J connectivity index is 2.03. The van der Waals surface area contributed by atoms with Gasteiger partial charge in [-0.3, -0.25) is 4.98 Å². The van der Waals surface area contributed by atoms with Crippen molar-refractivity contribution >= 4 is 39.0 Å². The summed E-state index contributed by atoms with van der Waals surface area (Å²) in [5.41, 5.74) is 9.59. The normalized spacial score (nSPS) is 10.8. The molecule has 5 heteroatoms. The minimum Gasteiger partial charge on any atom is -0.396 e. The molecule has 2 N–H and O–H groups in total. The first-order chi connectivity index (χ1) is 8.34. The molecule has 0 amide bonds. The smallest absolute Gasteiger partial charge is 0.105 e. The first-order valence-corrected chi connectivity index (χ1v) is 6.74. The molecule has 0 unspecified atom stereocenters. The van der Waals surface area contributed by atoms with Crippen LogP contribution in [0, 0.1) is 0 Å². The van der Waals surface area contributed by atoms with Crippen molar-refractivity contribution < 1.29 is 0 Å². The number of thiazole rings is 1. The molecule has 1 aromatic carbocycles. The third-order valence-electron chi connectivity index (χ3n) is 2.38. The lowest BCUT2D eigenvalue weighted by Crippen LogP contribution is -1.89. The van der Waals surface area contributed by atoms with Crippen LogP contribution in [0.25, 0.3) is 10.2 Å². The number of nitrogens with two attached hydrogens (primary N) is 1. The lowest BCUT2D eigenvalue weighted by molar-refractivity contribution is 1.26. The average Bonchev–Trinajstić information content (AvgIpc) is 2.83. The maximum Gasteiger partial charge on any atom is 0.105 e. The van der Waals surface area contributed by atoms with Crippen molar-refractivity contribution in [3.8, 4) is 0 Å². The Bertz CT molecular complexity index is 649. The monoisotopic (exact) mass is 259 g/mol. The second kappa shape index (κ2) is 4.35. The number of pyridine rings is 1. The highest BCUT2D eigenvalue weighted by Crippen LogP contribution is 2.36. The van der Waals surface area contributed by atoms with E-state index in [0.717, 1.165) is 25.7 Å². The first-order valence-electron chi connectivity index (χ1n) is 5.04. The molecular formula is C12H9N3S2. The van der Waals surface area contributed by atoms with Crippen molar-refractivity contribution in [1.82, 2.24) is 9.97 Å². The van der Waals surface area contributed by atoms with Gasteiger partial charge >= 0.3 is 0 Å². The van der Waals surface area contributed by atoms with E-state index >= 15 is 0 Å². The highest BCUT2D eigenvalue weighted by atomic mass is 32.2. The van der Waals surface area contributed by atoms with Crippen LogP contribution in [0.5, 0.6) is 0 Å². The second-order valence-corrected chi connectivity index (χ2v) is 5.46. The molecule has 2 heterocycles. The van der Waals surface area contributed by atoms with Gasteiger partial charge in [0.1, 0.15) is 5.52 Å². The molecule has 3 nitrogen and oxygen atoms in total. The molecule has 84 valence electrons. The summed E-state index contributed by atoms with van der Waals surface area (Å²) in [5, 5.41) is 0. The van der Waals surface area contributed by atoms with Crippen LogP contribution < -0.4 is 5.73 Å². The molecule has 0 fully saturated rings. The van der Waals surface area contributed by atoms with E-state index in [4.69, 9.17) is 5.73 Å². The number of rotatable bonds is 2. The summed E-state index contributed by atoms with van der Waals surface area (Å²) in [4.78, 5) is 10.4. The van der Waals surface area contributed by atoms with Crippen molar-refractivity contribution in [2.75, 3.05) is 5.73 Å². The van der Waals surface area contributed by atoms with Crippen molar-refractivity contribution in [2.24, 2.45) is 0 Å². The Hall–Kier alpha value is -1.59. The van der Waals surface area contributed by atoms with Crippen molar-refractivity contribution in [1.29, 1.82) is 0 Å². The molecule has 17 heavy (non-hydrogen) atoms. The molecule has 0 bridgehead atoms. The minimum absolute atomic E-state index is 0.755. The van der Waals surface area contributed by atoms with E-state index < -0.39 is 0 Å². The Morgan fingerprint density at radius 2 is 1.94 bits per heavy atom. The Morgan fingerprint density at radius 1 is 1.12 bits per heavy atom. The van der Waals surface area contributed by atoms with E-state index in [9.17, 15) is 0 Å². The van der Waals surface area contributed by atoms with Crippen LogP contribution in [0.2, 0.25) is 0 Å². The van der Waals surface area contributed by atoms with Gasteiger partial charge in [0, 0.05) is 22.2 Å². The standard InChI is InChI=1S/C12H9N3S2/c13-11-9(17-8-3-5-14-6-4-8)1-2-10-12(11)15-7-16-10/h1-7H,13H2. The largest absolute Gasteiger partial charge is 0.396 e. The number of nitrogens with zero attached hydrogens (tertiary/aromatic N) is 2. The third kappa shape index (κ3) is 1.99. The van der Waals surface area contributed by atoms with E-state index in [1.807, 2.05) is 23.7 Å². The van der Waals surface area contributed by atoms with Crippen LogP contribution in [0.4, 0.5) is 5.69 Å². The first kappa shape index (κ1) is 10.6. The topological polar surface area (TPSA) is 51.8 Å². The quantitative estimate of drug-likeness (QED) is 0.716. The predicted octanol–water partition coefficient (Wildman–Crippen LogP) is 3.42. The van der Waals surface area contributed by atoms with Crippen molar-refractivity contribution in [3.63, 3.8) is 0 Å². The summed E-state index contributed by atoms with van der Waals surface area (Å²) in [6.45, 7) is 0. The molecule has 0 radical (unpaired) electrons. The molecule has 0 aliphatic carbocycles. The fourth-order valence-electron chi connectivity index (χ4n) is 1.56. The zero-order valence-electron chi connectivity index (χ0n) is 8.83. The summed E-state index contributed by atoms with van der Waals surface area (Å²) >= 11 is 3.24. The maximum absolute atomic E-state index is 6.12. The fraction of sp³-hybridized carbons (Fsp3) is 0. The number of nitrogen functional groups attached to an aromatic ring is 1. The van der Waals surface area contributed by atoms with Crippen LogP contribution in [0.1, 0.15) is 0 Å². The lowest BCUT2D eigenvalue weighted by Gasteiger charge is -2.05. The molecule has 0 atom stereocenters. The number of aromatic nitrogens is 2. The molecule has 2 aromatic heterocycles.